The lowest BCUT2D eigenvalue weighted by molar-refractivity contribution is 0.597. The molecule has 2 N–H and O–H groups in total. The lowest BCUT2D eigenvalue weighted by Gasteiger charge is -2.14. The third-order valence-corrected chi connectivity index (χ3v) is 4.08. The van der Waals surface area contributed by atoms with Crippen LogP contribution in [0.25, 0.3) is 0 Å². The number of hydrogen-bond donors (Lipinski definition) is 2. The summed E-state index contributed by atoms with van der Waals surface area (Å²) in [4.78, 5) is 4.74. The highest BCUT2D eigenvalue weighted by Gasteiger charge is 2.06. The lowest BCUT2D eigenvalue weighted by Crippen LogP contribution is -2.38. The highest BCUT2D eigenvalue weighted by Crippen LogP contribution is 2.16. The van der Waals surface area contributed by atoms with Crippen molar-refractivity contribution in [2.24, 2.45) is 4.99 Å². The molecule has 6 nitrogen and oxygen atoms in total. The second-order valence-electron chi connectivity index (χ2n) is 6.37. The van der Waals surface area contributed by atoms with E-state index in [2.05, 4.69) is 65.9 Å². The van der Waals surface area contributed by atoms with Gasteiger partial charge in [0.25, 0.3) is 0 Å². The van der Waals surface area contributed by atoms with Gasteiger partial charge in [-0.3, -0.25) is 4.99 Å². The van der Waals surface area contributed by atoms with Crippen LogP contribution < -0.4 is 10.6 Å². The largest absolute Gasteiger partial charge is 0.357 e. The van der Waals surface area contributed by atoms with Gasteiger partial charge in [0.15, 0.2) is 5.96 Å². The van der Waals surface area contributed by atoms with Gasteiger partial charge in [-0.05, 0) is 32.3 Å². The van der Waals surface area contributed by atoms with E-state index in [0.29, 0.717) is 5.92 Å². The summed E-state index contributed by atoms with van der Waals surface area (Å²) in [6, 6.07) is 8.67. The van der Waals surface area contributed by atoms with Crippen molar-refractivity contribution in [1.29, 1.82) is 0 Å². The van der Waals surface area contributed by atoms with E-state index in [9.17, 15) is 0 Å². The summed E-state index contributed by atoms with van der Waals surface area (Å²) in [5.41, 5.74) is 2.64. The molecule has 0 aliphatic rings. The molecule has 0 aliphatic heterocycles. The number of hydrogen-bond acceptors (Lipinski definition) is 3. The Bertz CT molecular complexity index is 641. The zero-order valence-electron chi connectivity index (χ0n) is 16.0. The van der Waals surface area contributed by atoms with Crippen molar-refractivity contribution >= 4 is 29.9 Å². The maximum absolute atomic E-state index is 4.74. The molecule has 1 aromatic heterocycles. The summed E-state index contributed by atoms with van der Waals surface area (Å²) in [5, 5.41) is 14.4. The number of nitrogens with one attached hydrogen (secondary N) is 2. The molecule has 7 heteroatoms. The van der Waals surface area contributed by atoms with E-state index >= 15 is 0 Å². The maximum atomic E-state index is 4.74. The van der Waals surface area contributed by atoms with Crippen LogP contribution >= 0.6 is 24.0 Å². The van der Waals surface area contributed by atoms with Crippen molar-refractivity contribution in [2.75, 3.05) is 19.6 Å². The predicted molar refractivity (Wildman–Crippen MR) is 118 cm³/mol. The van der Waals surface area contributed by atoms with Crippen LogP contribution in [0.4, 0.5) is 0 Å². The normalized spacial score (nSPS) is 12.3. The maximum Gasteiger partial charge on any atom is 0.191 e. The van der Waals surface area contributed by atoms with E-state index in [0.717, 1.165) is 45.0 Å². The highest BCUT2D eigenvalue weighted by atomic mass is 127. The summed E-state index contributed by atoms with van der Waals surface area (Å²) in [6.07, 6.45) is 5.68. The van der Waals surface area contributed by atoms with E-state index in [4.69, 9.17) is 4.99 Å². The van der Waals surface area contributed by atoms with Gasteiger partial charge in [-0.1, -0.05) is 36.8 Å². The van der Waals surface area contributed by atoms with Crippen molar-refractivity contribution < 1.29 is 0 Å². The van der Waals surface area contributed by atoms with Crippen LogP contribution in [0.15, 0.2) is 41.9 Å². The fourth-order valence-corrected chi connectivity index (χ4v) is 2.62. The quantitative estimate of drug-likeness (QED) is 0.255. The minimum Gasteiger partial charge on any atom is -0.357 e. The van der Waals surface area contributed by atoms with Crippen molar-refractivity contribution in [2.45, 2.75) is 46.1 Å². The number of guanidine groups is 1. The molecule has 0 spiro atoms. The van der Waals surface area contributed by atoms with Crippen LogP contribution in [-0.2, 0) is 6.54 Å². The molecule has 0 saturated heterocycles. The smallest absolute Gasteiger partial charge is 0.191 e. The van der Waals surface area contributed by atoms with Gasteiger partial charge in [-0.25, -0.2) is 0 Å². The number of benzene rings is 1. The molecular formula is C19H31IN6. The minimum atomic E-state index is 0. The molecular weight excluding hydrogens is 439 g/mol. The van der Waals surface area contributed by atoms with Gasteiger partial charge in [-0.15, -0.1) is 34.2 Å². The first-order chi connectivity index (χ1) is 12.2. The van der Waals surface area contributed by atoms with Crippen LogP contribution in [0.5, 0.6) is 0 Å². The molecule has 2 rings (SSSR count). The Balaban J connectivity index is 0.00000338. The topological polar surface area (TPSA) is 67.1 Å². The van der Waals surface area contributed by atoms with Crippen LogP contribution in [0, 0.1) is 6.92 Å². The number of aromatic nitrogens is 3. The number of rotatable bonds is 9. The van der Waals surface area contributed by atoms with Gasteiger partial charge in [0.2, 0.25) is 0 Å². The van der Waals surface area contributed by atoms with Gasteiger partial charge >= 0.3 is 0 Å². The molecule has 1 unspecified atom stereocenters. The summed E-state index contributed by atoms with van der Waals surface area (Å²) < 4.78 is 2.00. The molecule has 1 heterocycles. The predicted octanol–water partition coefficient (Wildman–Crippen LogP) is 3.34. The van der Waals surface area contributed by atoms with Crippen LogP contribution in [0.1, 0.15) is 43.7 Å². The summed E-state index contributed by atoms with van der Waals surface area (Å²) in [5.74, 6) is 1.30. The molecule has 0 aliphatic carbocycles. The fourth-order valence-electron chi connectivity index (χ4n) is 2.62. The SMILES string of the molecule is CCNC(=NCC(C)c1cccc(C)c1)NCCCCn1cnnc1.I. The van der Waals surface area contributed by atoms with Crippen LogP contribution in [-0.4, -0.2) is 40.4 Å². The average molecular weight is 470 g/mol. The lowest BCUT2D eigenvalue weighted by atomic mass is 10.00. The molecule has 1 atom stereocenters. The molecule has 144 valence electrons. The monoisotopic (exact) mass is 470 g/mol. The molecule has 2 aromatic rings. The Morgan fingerprint density at radius 2 is 1.96 bits per heavy atom. The van der Waals surface area contributed by atoms with Crippen LogP contribution in [0.2, 0.25) is 0 Å². The summed E-state index contributed by atoms with van der Waals surface area (Å²) in [6.45, 7) is 9.95. The zero-order chi connectivity index (χ0) is 17.9. The summed E-state index contributed by atoms with van der Waals surface area (Å²) >= 11 is 0. The molecule has 26 heavy (non-hydrogen) atoms. The van der Waals surface area contributed by atoms with Gasteiger partial charge in [0, 0.05) is 32.1 Å². The zero-order valence-corrected chi connectivity index (χ0v) is 18.3. The third-order valence-electron chi connectivity index (χ3n) is 4.08. The molecule has 1 aromatic carbocycles. The number of aliphatic imine (C=N–C) groups is 1. The number of halogens is 1. The van der Waals surface area contributed by atoms with Gasteiger partial charge in [-0.2, -0.15) is 0 Å². The van der Waals surface area contributed by atoms with Gasteiger partial charge in [0.1, 0.15) is 12.7 Å². The Kier molecular flexibility index (Phi) is 10.9. The Morgan fingerprint density at radius 1 is 1.19 bits per heavy atom. The van der Waals surface area contributed by atoms with E-state index in [1.54, 1.807) is 12.7 Å². The van der Waals surface area contributed by atoms with E-state index in [1.165, 1.54) is 11.1 Å². The number of unbranched alkanes of at least 4 members (excludes halogenated alkanes) is 1. The van der Waals surface area contributed by atoms with E-state index in [-0.39, 0.29) is 24.0 Å². The molecule has 0 bridgehead atoms. The minimum absolute atomic E-state index is 0. The second kappa shape index (κ2) is 12.7. The number of nitrogens with zero attached hydrogens (tertiary/aromatic N) is 4. The first-order valence-corrected chi connectivity index (χ1v) is 9.10. The first-order valence-electron chi connectivity index (χ1n) is 9.10. The second-order valence-corrected chi connectivity index (χ2v) is 6.37. The van der Waals surface area contributed by atoms with Crippen molar-refractivity contribution in [3.05, 3.63) is 48.0 Å². The van der Waals surface area contributed by atoms with E-state index < -0.39 is 0 Å². The number of aryl methyl sites for hydroxylation is 2. The Hall–Kier alpha value is -1.64. The van der Waals surface area contributed by atoms with Crippen molar-refractivity contribution in [3.8, 4) is 0 Å². The van der Waals surface area contributed by atoms with Crippen molar-refractivity contribution in [1.82, 2.24) is 25.4 Å². The molecule has 0 amide bonds. The standard InChI is InChI=1S/C19H30N6.HI/c1-4-20-19(21-10-5-6-11-25-14-23-24-15-25)22-13-17(3)18-9-7-8-16(2)12-18;/h7-9,12,14-15,17H,4-6,10-11,13H2,1-3H3,(H2,20,21,22);1H. The molecule has 0 radical (unpaired) electrons. The summed E-state index contributed by atoms with van der Waals surface area (Å²) in [7, 11) is 0. The Morgan fingerprint density at radius 3 is 2.65 bits per heavy atom. The fraction of sp³-hybridized carbons (Fsp3) is 0.526. The van der Waals surface area contributed by atoms with Crippen molar-refractivity contribution in [3.63, 3.8) is 0 Å². The molecule has 0 saturated carbocycles. The third kappa shape index (κ3) is 8.16. The highest BCUT2D eigenvalue weighted by molar-refractivity contribution is 14.0. The molecule has 0 fully saturated rings. The Labute approximate surface area is 173 Å². The van der Waals surface area contributed by atoms with E-state index in [1.807, 2.05) is 4.57 Å². The van der Waals surface area contributed by atoms with Gasteiger partial charge in [0.05, 0.1) is 0 Å². The average Bonchev–Trinajstić information content (AvgIpc) is 3.12. The van der Waals surface area contributed by atoms with Gasteiger partial charge < -0.3 is 15.2 Å². The first kappa shape index (κ1) is 22.4. The van der Waals surface area contributed by atoms with Crippen LogP contribution in [0.3, 0.4) is 0 Å².